The molecule has 1 atom stereocenters. The second-order valence-electron chi connectivity index (χ2n) is 6.81. The van der Waals surface area contributed by atoms with Gasteiger partial charge in [0.15, 0.2) is 0 Å². The summed E-state index contributed by atoms with van der Waals surface area (Å²) in [6.45, 7) is 10.7. The van der Waals surface area contributed by atoms with Gasteiger partial charge in [-0.05, 0) is 75.6 Å². The maximum absolute atomic E-state index is 5.35. The van der Waals surface area contributed by atoms with E-state index in [0.717, 1.165) is 34.8 Å². The van der Waals surface area contributed by atoms with E-state index in [1.807, 2.05) is 13.0 Å². The minimum absolute atomic E-state index is 0.423. The molecule has 132 valence electrons. The summed E-state index contributed by atoms with van der Waals surface area (Å²) in [6.07, 6.45) is 1.08. The molecule has 0 saturated carbocycles. The van der Waals surface area contributed by atoms with Gasteiger partial charge in [-0.15, -0.1) is 0 Å². The first-order valence-electron chi connectivity index (χ1n) is 8.86. The number of ether oxygens (including phenoxy) is 1. The van der Waals surface area contributed by atoms with Crippen LogP contribution in [-0.4, -0.2) is 22.8 Å². The second kappa shape index (κ2) is 6.79. The molecule has 4 heteroatoms. The van der Waals surface area contributed by atoms with Crippen LogP contribution in [0.15, 0.2) is 30.3 Å². The first-order valence-corrected chi connectivity index (χ1v) is 8.86. The minimum Gasteiger partial charge on any atom is -0.497 e. The summed E-state index contributed by atoms with van der Waals surface area (Å²) in [5, 5.41) is 8.42. The molecule has 3 rings (SSSR count). The van der Waals surface area contributed by atoms with Gasteiger partial charge in [0.25, 0.3) is 0 Å². The van der Waals surface area contributed by atoms with E-state index < -0.39 is 0 Å². The van der Waals surface area contributed by atoms with Crippen molar-refractivity contribution in [3.05, 3.63) is 47.2 Å². The van der Waals surface area contributed by atoms with Crippen molar-refractivity contribution in [1.29, 1.82) is 0 Å². The summed E-state index contributed by atoms with van der Waals surface area (Å²) in [5.41, 5.74) is 8.00. The SMILES string of the molecule is CC[C@H](C)Nc1cc(C)nn2c(-c3ccc(OC)cc3C)c(C)cc12. The zero-order chi connectivity index (χ0) is 18.1. The van der Waals surface area contributed by atoms with Gasteiger partial charge >= 0.3 is 0 Å². The van der Waals surface area contributed by atoms with Crippen molar-refractivity contribution in [1.82, 2.24) is 9.61 Å². The van der Waals surface area contributed by atoms with Crippen LogP contribution in [0.1, 0.15) is 37.1 Å². The molecule has 4 nitrogen and oxygen atoms in total. The Labute approximate surface area is 149 Å². The van der Waals surface area contributed by atoms with E-state index in [1.54, 1.807) is 7.11 Å². The second-order valence-corrected chi connectivity index (χ2v) is 6.81. The molecule has 3 aromatic rings. The monoisotopic (exact) mass is 337 g/mol. The normalized spacial score (nSPS) is 12.4. The molecule has 1 aromatic carbocycles. The quantitative estimate of drug-likeness (QED) is 0.700. The van der Waals surface area contributed by atoms with Crippen LogP contribution >= 0.6 is 0 Å². The fourth-order valence-electron chi connectivity index (χ4n) is 3.23. The summed E-state index contributed by atoms with van der Waals surface area (Å²) < 4.78 is 7.42. The number of aryl methyl sites for hydroxylation is 3. The number of aromatic nitrogens is 2. The van der Waals surface area contributed by atoms with E-state index >= 15 is 0 Å². The van der Waals surface area contributed by atoms with Crippen LogP contribution in [0.25, 0.3) is 16.8 Å². The predicted molar refractivity (Wildman–Crippen MR) is 105 cm³/mol. The molecule has 2 heterocycles. The van der Waals surface area contributed by atoms with Crippen LogP contribution in [-0.2, 0) is 0 Å². The Bertz CT molecular complexity index is 911. The Morgan fingerprint density at radius 1 is 1.12 bits per heavy atom. The number of rotatable bonds is 5. The number of fused-ring (bicyclic) bond motifs is 1. The number of nitrogens with zero attached hydrogens (tertiary/aromatic N) is 2. The zero-order valence-electron chi connectivity index (χ0n) is 16.0. The van der Waals surface area contributed by atoms with Crippen molar-refractivity contribution in [2.24, 2.45) is 0 Å². The van der Waals surface area contributed by atoms with Crippen molar-refractivity contribution in [3.8, 4) is 17.0 Å². The maximum Gasteiger partial charge on any atom is 0.119 e. The summed E-state index contributed by atoms with van der Waals surface area (Å²) in [4.78, 5) is 0. The van der Waals surface area contributed by atoms with E-state index in [4.69, 9.17) is 9.84 Å². The molecule has 0 spiro atoms. The molecule has 0 aliphatic rings. The summed E-state index contributed by atoms with van der Waals surface area (Å²) in [6, 6.07) is 11.0. The fourth-order valence-corrected chi connectivity index (χ4v) is 3.23. The standard InChI is InChI=1S/C21H27N3O/c1-7-15(4)22-19-12-16(5)23-24-20(19)11-14(3)21(24)18-9-8-17(25-6)10-13(18)2/h8-12,15,22H,7H2,1-6H3/t15-/m0/s1. The molecule has 25 heavy (non-hydrogen) atoms. The van der Waals surface area contributed by atoms with Crippen LogP contribution in [0.2, 0.25) is 0 Å². The van der Waals surface area contributed by atoms with Gasteiger partial charge in [-0.1, -0.05) is 6.92 Å². The Hall–Kier alpha value is -2.49. The molecule has 0 bridgehead atoms. The van der Waals surface area contributed by atoms with E-state index in [0.29, 0.717) is 6.04 Å². The third kappa shape index (κ3) is 3.21. The summed E-state index contributed by atoms with van der Waals surface area (Å²) >= 11 is 0. The maximum atomic E-state index is 5.35. The number of anilines is 1. The van der Waals surface area contributed by atoms with Crippen molar-refractivity contribution < 1.29 is 4.74 Å². The molecule has 0 saturated heterocycles. The van der Waals surface area contributed by atoms with E-state index in [2.05, 4.69) is 61.8 Å². The first kappa shape index (κ1) is 17.3. The van der Waals surface area contributed by atoms with Crippen molar-refractivity contribution in [2.45, 2.75) is 47.1 Å². The number of hydrogen-bond donors (Lipinski definition) is 1. The molecule has 0 unspecified atom stereocenters. The van der Waals surface area contributed by atoms with Gasteiger partial charge in [0.05, 0.1) is 29.7 Å². The third-order valence-electron chi connectivity index (χ3n) is 4.76. The highest BCUT2D eigenvalue weighted by atomic mass is 16.5. The van der Waals surface area contributed by atoms with Crippen molar-refractivity contribution >= 4 is 11.2 Å². The summed E-state index contributed by atoms with van der Waals surface area (Å²) in [5.74, 6) is 0.878. The molecule has 0 amide bonds. The number of methoxy groups -OCH3 is 1. The van der Waals surface area contributed by atoms with Crippen LogP contribution < -0.4 is 10.1 Å². The lowest BCUT2D eigenvalue weighted by atomic mass is 10.0. The van der Waals surface area contributed by atoms with Gasteiger partial charge in [-0.2, -0.15) is 5.10 Å². The van der Waals surface area contributed by atoms with Gasteiger partial charge in [0, 0.05) is 11.6 Å². The molecule has 1 N–H and O–H groups in total. The molecular formula is C21H27N3O. The van der Waals surface area contributed by atoms with E-state index in [9.17, 15) is 0 Å². The fraction of sp³-hybridized carbons (Fsp3) is 0.381. The van der Waals surface area contributed by atoms with Gasteiger partial charge in [-0.3, -0.25) is 0 Å². The predicted octanol–water partition coefficient (Wildman–Crippen LogP) is 5.15. The topological polar surface area (TPSA) is 38.6 Å². The molecule has 2 aromatic heterocycles. The Kier molecular flexibility index (Phi) is 4.71. The largest absolute Gasteiger partial charge is 0.497 e. The lowest BCUT2D eigenvalue weighted by Crippen LogP contribution is -2.14. The highest BCUT2D eigenvalue weighted by Crippen LogP contribution is 2.33. The molecule has 0 radical (unpaired) electrons. The van der Waals surface area contributed by atoms with Crippen LogP contribution in [0, 0.1) is 20.8 Å². The lowest BCUT2D eigenvalue weighted by Gasteiger charge is -2.16. The minimum atomic E-state index is 0.423. The molecule has 0 aliphatic carbocycles. The number of nitrogens with one attached hydrogen (secondary N) is 1. The average Bonchev–Trinajstić information content (AvgIpc) is 2.90. The Morgan fingerprint density at radius 2 is 1.88 bits per heavy atom. The van der Waals surface area contributed by atoms with Crippen LogP contribution in [0.4, 0.5) is 5.69 Å². The highest BCUT2D eigenvalue weighted by Gasteiger charge is 2.16. The third-order valence-corrected chi connectivity index (χ3v) is 4.76. The van der Waals surface area contributed by atoms with Crippen molar-refractivity contribution in [3.63, 3.8) is 0 Å². The van der Waals surface area contributed by atoms with Gasteiger partial charge in [0.1, 0.15) is 5.75 Å². The van der Waals surface area contributed by atoms with E-state index in [1.165, 1.54) is 16.7 Å². The van der Waals surface area contributed by atoms with Crippen LogP contribution in [0.5, 0.6) is 5.75 Å². The Morgan fingerprint density at radius 3 is 2.52 bits per heavy atom. The Balaban J connectivity index is 2.21. The molecule has 0 fully saturated rings. The van der Waals surface area contributed by atoms with Crippen molar-refractivity contribution in [2.75, 3.05) is 12.4 Å². The summed E-state index contributed by atoms with van der Waals surface area (Å²) in [7, 11) is 1.70. The van der Waals surface area contributed by atoms with Gasteiger partial charge in [0.2, 0.25) is 0 Å². The smallest absolute Gasteiger partial charge is 0.119 e. The zero-order valence-corrected chi connectivity index (χ0v) is 16.0. The number of benzene rings is 1. The van der Waals surface area contributed by atoms with Gasteiger partial charge < -0.3 is 10.1 Å². The molecule has 0 aliphatic heterocycles. The highest BCUT2D eigenvalue weighted by molar-refractivity contribution is 5.81. The lowest BCUT2D eigenvalue weighted by molar-refractivity contribution is 0.414. The van der Waals surface area contributed by atoms with E-state index in [-0.39, 0.29) is 0 Å². The number of hydrogen-bond acceptors (Lipinski definition) is 3. The first-order chi connectivity index (χ1) is 11.9. The van der Waals surface area contributed by atoms with Gasteiger partial charge in [-0.25, -0.2) is 4.52 Å². The molecular weight excluding hydrogens is 310 g/mol. The average molecular weight is 337 g/mol. The van der Waals surface area contributed by atoms with Crippen LogP contribution in [0.3, 0.4) is 0 Å².